The summed E-state index contributed by atoms with van der Waals surface area (Å²) in [6.07, 6.45) is 3.80. The normalized spacial score (nSPS) is 14.6. The van der Waals surface area contributed by atoms with Gasteiger partial charge in [-0.2, -0.15) is 0 Å². The fourth-order valence-electron chi connectivity index (χ4n) is 3.87. The molecular formula is C21H24N4O4. The first-order valence-electron chi connectivity index (χ1n) is 9.81. The Morgan fingerprint density at radius 3 is 2.52 bits per heavy atom. The molecule has 4 rings (SSSR count). The summed E-state index contributed by atoms with van der Waals surface area (Å²) in [7, 11) is 1.90. The molecule has 152 valence electrons. The van der Waals surface area contributed by atoms with Crippen LogP contribution in [0.15, 0.2) is 51.7 Å². The van der Waals surface area contributed by atoms with Gasteiger partial charge in [0.2, 0.25) is 0 Å². The van der Waals surface area contributed by atoms with Crippen molar-refractivity contribution >= 4 is 22.5 Å². The molecule has 0 unspecified atom stereocenters. The number of piperidine rings is 1. The van der Waals surface area contributed by atoms with Gasteiger partial charge in [-0.25, -0.2) is 4.79 Å². The third-order valence-electron chi connectivity index (χ3n) is 5.35. The van der Waals surface area contributed by atoms with Crippen LogP contribution in [0.25, 0.3) is 11.1 Å². The summed E-state index contributed by atoms with van der Waals surface area (Å²) in [6, 6.07) is 12.7. The van der Waals surface area contributed by atoms with E-state index in [0.717, 1.165) is 18.7 Å². The third kappa shape index (κ3) is 4.17. The number of non-ortho nitro benzene ring substituents is 1. The quantitative estimate of drug-likeness (QED) is 0.468. The van der Waals surface area contributed by atoms with Crippen LogP contribution in [0.1, 0.15) is 24.8 Å². The maximum absolute atomic E-state index is 12.2. The Bertz CT molecular complexity index is 1060. The van der Waals surface area contributed by atoms with Gasteiger partial charge in [0, 0.05) is 37.5 Å². The summed E-state index contributed by atoms with van der Waals surface area (Å²) in [5.74, 6) is -0.521. The van der Waals surface area contributed by atoms with Crippen LogP contribution in [0.2, 0.25) is 0 Å². The molecule has 29 heavy (non-hydrogen) atoms. The molecular weight excluding hydrogens is 372 g/mol. The minimum absolute atomic E-state index is 0.0667. The second-order valence-corrected chi connectivity index (χ2v) is 7.57. The van der Waals surface area contributed by atoms with Gasteiger partial charge < -0.3 is 9.32 Å². The van der Waals surface area contributed by atoms with Gasteiger partial charge in [0.1, 0.15) is 0 Å². The maximum Gasteiger partial charge on any atom is 0.421 e. The molecule has 0 saturated carbocycles. The van der Waals surface area contributed by atoms with E-state index in [4.69, 9.17) is 4.42 Å². The van der Waals surface area contributed by atoms with Crippen LogP contribution in [0.4, 0.5) is 11.4 Å². The van der Waals surface area contributed by atoms with Gasteiger partial charge in [-0.1, -0.05) is 12.1 Å². The summed E-state index contributed by atoms with van der Waals surface area (Å²) in [5.41, 5.74) is 3.10. The number of hydrogen-bond donors (Lipinski definition) is 0. The second kappa shape index (κ2) is 8.08. The standard InChI is InChI=1S/C21H24N4O4/c1-22(14-16-5-7-17(8-6-16)23-11-3-2-4-12-23)15-24-19-13-18(25(27)28)9-10-20(19)29-21(24)26/h5-10,13H,2-4,11-12,14-15H2,1H3. The van der Waals surface area contributed by atoms with Gasteiger partial charge in [-0.3, -0.25) is 19.6 Å². The van der Waals surface area contributed by atoms with Crippen molar-refractivity contribution in [3.63, 3.8) is 0 Å². The molecule has 0 atom stereocenters. The molecule has 0 aliphatic carbocycles. The molecule has 2 aromatic carbocycles. The van der Waals surface area contributed by atoms with Crippen molar-refractivity contribution in [1.82, 2.24) is 9.47 Å². The fraction of sp³-hybridized carbons (Fsp3) is 0.381. The van der Waals surface area contributed by atoms with Crippen molar-refractivity contribution in [2.24, 2.45) is 0 Å². The topological polar surface area (TPSA) is 84.8 Å². The minimum Gasteiger partial charge on any atom is -0.408 e. The highest BCUT2D eigenvalue weighted by Crippen LogP contribution is 2.22. The van der Waals surface area contributed by atoms with Crippen LogP contribution in [-0.2, 0) is 13.2 Å². The SMILES string of the molecule is CN(Cc1ccc(N2CCCCC2)cc1)Cn1c(=O)oc2ccc([N+](=O)[O-])cc21. The van der Waals surface area contributed by atoms with Gasteiger partial charge in [-0.15, -0.1) is 0 Å². The first-order chi connectivity index (χ1) is 14.0. The van der Waals surface area contributed by atoms with Gasteiger partial charge in [-0.05, 0) is 50.1 Å². The van der Waals surface area contributed by atoms with Crippen molar-refractivity contribution < 1.29 is 9.34 Å². The molecule has 8 heteroatoms. The molecule has 0 N–H and O–H groups in total. The molecule has 0 spiro atoms. The molecule has 8 nitrogen and oxygen atoms in total. The lowest BCUT2D eigenvalue weighted by Crippen LogP contribution is -2.29. The van der Waals surface area contributed by atoms with E-state index in [1.54, 1.807) is 0 Å². The van der Waals surface area contributed by atoms with E-state index >= 15 is 0 Å². The Balaban J connectivity index is 1.47. The molecule has 1 fully saturated rings. The molecule has 1 aliphatic rings. The van der Waals surface area contributed by atoms with E-state index in [1.165, 1.54) is 47.7 Å². The Kier molecular flexibility index (Phi) is 5.35. The van der Waals surface area contributed by atoms with E-state index in [9.17, 15) is 14.9 Å². The van der Waals surface area contributed by atoms with Crippen molar-refractivity contribution in [3.05, 3.63) is 68.7 Å². The highest BCUT2D eigenvalue weighted by atomic mass is 16.6. The molecule has 0 amide bonds. The monoisotopic (exact) mass is 396 g/mol. The van der Waals surface area contributed by atoms with Gasteiger partial charge in [0.15, 0.2) is 5.58 Å². The molecule has 2 heterocycles. The lowest BCUT2D eigenvalue weighted by molar-refractivity contribution is -0.384. The largest absolute Gasteiger partial charge is 0.421 e. The molecule has 3 aromatic rings. The molecule has 0 radical (unpaired) electrons. The summed E-state index contributed by atoms with van der Waals surface area (Å²) < 4.78 is 6.64. The Morgan fingerprint density at radius 2 is 1.83 bits per heavy atom. The number of benzene rings is 2. The predicted octanol–water partition coefficient (Wildman–Crippen LogP) is 3.58. The van der Waals surface area contributed by atoms with E-state index in [0.29, 0.717) is 17.6 Å². The van der Waals surface area contributed by atoms with Crippen LogP contribution in [0.3, 0.4) is 0 Å². The average molecular weight is 396 g/mol. The number of aromatic nitrogens is 1. The van der Waals surface area contributed by atoms with Crippen molar-refractivity contribution in [1.29, 1.82) is 0 Å². The van der Waals surface area contributed by atoms with Crippen LogP contribution in [0.5, 0.6) is 0 Å². The van der Waals surface area contributed by atoms with E-state index < -0.39 is 10.7 Å². The summed E-state index contributed by atoms with van der Waals surface area (Å²) in [5, 5.41) is 11.0. The van der Waals surface area contributed by atoms with E-state index in [-0.39, 0.29) is 12.4 Å². The average Bonchev–Trinajstić information content (AvgIpc) is 3.03. The third-order valence-corrected chi connectivity index (χ3v) is 5.35. The van der Waals surface area contributed by atoms with Crippen molar-refractivity contribution in [3.8, 4) is 0 Å². The Morgan fingerprint density at radius 1 is 1.10 bits per heavy atom. The highest BCUT2D eigenvalue weighted by molar-refractivity contribution is 5.75. The Labute approximate surface area is 168 Å². The fourth-order valence-corrected chi connectivity index (χ4v) is 3.87. The number of oxazole rings is 1. The van der Waals surface area contributed by atoms with Crippen molar-refractivity contribution in [2.75, 3.05) is 25.0 Å². The number of fused-ring (bicyclic) bond motifs is 1. The number of nitro benzene ring substituents is 1. The lowest BCUT2D eigenvalue weighted by Gasteiger charge is -2.29. The van der Waals surface area contributed by atoms with Crippen LogP contribution >= 0.6 is 0 Å². The summed E-state index contributed by atoms with van der Waals surface area (Å²) in [4.78, 5) is 27.2. The Hall–Kier alpha value is -3.13. The number of anilines is 1. The van der Waals surface area contributed by atoms with Crippen LogP contribution in [-0.4, -0.2) is 34.5 Å². The number of nitrogens with zero attached hydrogens (tertiary/aromatic N) is 4. The highest BCUT2D eigenvalue weighted by Gasteiger charge is 2.16. The number of hydrogen-bond acceptors (Lipinski definition) is 6. The number of rotatable bonds is 6. The summed E-state index contributed by atoms with van der Waals surface area (Å²) in [6.45, 7) is 3.15. The zero-order valence-electron chi connectivity index (χ0n) is 16.4. The second-order valence-electron chi connectivity index (χ2n) is 7.57. The van der Waals surface area contributed by atoms with Crippen LogP contribution in [0, 0.1) is 10.1 Å². The van der Waals surface area contributed by atoms with Gasteiger partial charge >= 0.3 is 5.76 Å². The zero-order chi connectivity index (χ0) is 20.4. The van der Waals surface area contributed by atoms with E-state index in [2.05, 4.69) is 29.2 Å². The smallest absolute Gasteiger partial charge is 0.408 e. The predicted molar refractivity (Wildman–Crippen MR) is 111 cm³/mol. The van der Waals surface area contributed by atoms with Crippen molar-refractivity contribution in [2.45, 2.75) is 32.5 Å². The first-order valence-corrected chi connectivity index (χ1v) is 9.81. The zero-order valence-corrected chi connectivity index (χ0v) is 16.4. The first kappa shape index (κ1) is 19.2. The lowest BCUT2D eigenvalue weighted by atomic mass is 10.1. The van der Waals surface area contributed by atoms with Crippen LogP contribution < -0.4 is 10.7 Å². The summed E-state index contributed by atoms with van der Waals surface area (Å²) >= 11 is 0. The van der Waals surface area contributed by atoms with E-state index in [1.807, 2.05) is 11.9 Å². The van der Waals surface area contributed by atoms with Gasteiger partial charge in [0.25, 0.3) is 5.69 Å². The van der Waals surface area contributed by atoms with Gasteiger partial charge in [0.05, 0.1) is 17.1 Å². The maximum atomic E-state index is 12.2. The molecule has 1 aromatic heterocycles. The number of nitro groups is 1. The molecule has 1 saturated heterocycles. The minimum atomic E-state index is -0.521. The molecule has 1 aliphatic heterocycles. The molecule has 0 bridgehead atoms.